The monoisotopic (exact) mass is 264 g/mol. The predicted octanol–water partition coefficient (Wildman–Crippen LogP) is 2.04. The molecule has 2 aromatic rings. The highest BCUT2D eigenvalue weighted by Crippen LogP contribution is 2.19. The van der Waals surface area contributed by atoms with Gasteiger partial charge >= 0.3 is 5.97 Å². The summed E-state index contributed by atoms with van der Waals surface area (Å²) < 4.78 is 1.78. The number of nitrogens with zero attached hydrogens (tertiary/aromatic N) is 2. The van der Waals surface area contributed by atoms with Crippen LogP contribution in [0.3, 0.4) is 0 Å². The zero-order valence-electron chi connectivity index (χ0n) is 9.57. The Balaban J connectivity index is 1.97. The molecular formula is C12H12N2O3S. The van der Waals surface area contributed by atoms with Crippen LogP contribution in [0.4, 0.5) is 0 Å². The number of carboxylic acids is 1. The molecule has 1 N–H and O–H groups in total. The molecule has 0 saturated carbocycles. The van der Waals surface area contributed by atoms with Crippen molar-refractivity contribution in [3.8, 4) is 0 Å². The number of Topliss-reactive ketones (excluding diaryl/α,β-unsaturated/α-hetero) is 1. The third kappa shape index (κ3) is 3.27. The van der Waals surface area contributed by atoms with E-state index in [1.165, 1.54) is 11.3 Å². The van der Waals surface area contributed by atoms with Crippen molar-refractivity contribution in [3.63, 3.8) is 0 Å². The number of hydrogen-bond donors (Lipinski definition) is 1. The first kappa shape index (κ1) is 12.5. The van der Waals surface area contributed by atoms with Crippen molar-refractivity contribution in [2.45, 2.75) is 19.4 Å². The molecule has 2 heterocycles. The minimum absolute atomic E-state index is 0.0526. The van der Waals surface area contributed by atoms with Crippen molar-refractivity contribution >= 4 is 23.1 Å². The summed E-state index contributed by atoms with van der Waals surface area (Å²) in [5.74, 6) is -1.06. The number of hydrogen-bond acceptors (Lipinski definition) is 4. The van der Waals surface area contributed by atoms with Crippen LogP contribution in [0.1, 0.15) is 27.4 Å². The number of ketones is 1. The van der Waals surface area contributed by atoms with Crippen LogP contribution in [-0.2, 0) is 11.3 Å². The third-order valence-electron chi connectivity index (χ3n) is 2.38. The van der Waals surface area contributed by atoms with Crippen LogP contribution in [0.2, 0.25) is 0 Å². The Morgan fingerprint density at radius 2 is 2.17 bits per heavy atom. The molecule has 0 amide bonds. The Labute approximate surface area is 108 Å². The van der Waals surface area contributed by atoms with Gasteiger partial charge in [0.15, 0.2) is 5.78 Å². The summed E-state index contributed by atoms with van der Waals surface area (Å²) in [6, 6.07) is 5.46. The maximum absolute atomic E-state index is 11.7. The number of carbonyl (C=O) groups excluding carboxylic acids is 1. The van der Waals surface area contributed by atoms with Crippen LogP contribution in [0.5, 0.6) is 0 Å². The van der Waals surface area contributed by atoms with Gasteiger partial charge in [-0.3, -0.25) is 14.3 Å². The van der Waals surface area contributed by atoms with Crippen molar-refractivity contribution in [1.29, 1.82) is 0 Å². The molecular weight excluding hydrogens is 252 g/mol. The number of thiophene rings is 1. The average Bonchev–Trinajstić information content (AvgIpc) is 2.98. The first-order chi connectivity index (χ1) is 8.65. The molecule has 0 aliphatic heterocycles. The van der Waals surface area contributed by atoms with Crippen LogP contribution in [-0.4, -0.2) is 26.6 Å². The van der Waals surface area contributed by atoms with Gasteiger partial charge in [0.05, 0.1) is 17.8 Å². The molecule has 0 atom stereocenters. The molecule has 94 valence electrons. The highest BCUT2D eigenvalue weighted by molar-refractivity contribution is 7.14. The Bertz CT molecular complexity index is 545. The van der Waals surface area contributed by atoms with E-state index in [2.05, 4.69) is 5.10 Å². The van der Waals surface area contributed by atoms with Gasteiger partial charge in [0.1, 0.15) is 0 Å². The lowest BCUT2D eigenvalue weighted by atomic mass is 10.2. The molecule has 6 heteroatoms. The summed E-state index contributed by atoms with van der Waals surface area (Å²) in [6.07, 6.45) is 3.49. The SMILES string of the molecule is O=C(O)CCC(=O)c1ccc(Cn2cccn2)s1. The van der Waals surface area contributed by atoms with E-state index in [0.717, 1.165) is 4.88 Å². The Kier molecular flexibility index (Phi) is 3.88. The highest BCUT2D eigenvalue weighted by atomic mass is 32.1. The molecule has 5 nitrogen and oxygen atoms in total. The van der Waals surface area contributed by atoms with Gasteiger partial charge in [0.2, 0.25) is 0 Å². The van der Waals surface area contributed by atoms with Crippen molar-refractivity contribution in [1.82, 2.24) is 9.78 Å². The van der Waals surface area contributed by atoms with Gasteiger partial charge in [0.25, 0.3) is 0 Å². The largest absolute Gasteiger partial charge is 0.481 e. The van der Waals surface area contributed by atoms with E-state index in [1.54, 1.807) is 16.9 Å². The van der Waals surface area contributed by atoms with E-state index in [-0.39, 0.29) is 18.6 Å². The lowest BCUT2D eigenvalue weighted by Crippen LogP contribution is -2.01. The second-order valence-corrected chi connectivity index (χ2v) is 4.95. The fourth-order valence-electron chi connectivity index (χ4n) is 1.51. The standard InChI is InChI=1S/C12H12N2O3S/c15-10(3-5-12(16)17)11-4-2-9(18-11)8-14-7-1-6-13-14/h1-2,4,6-7H,3,5,8H2,(H,16,17). The van der Waals surface area contributed by atoms with E-state index in [4.69, 9.17) is 5.11 Å². The van der Waals surface area contributed by atoms with E-state index in [9.17, 15) is 9.59 Å². The molecule has 0 fully saturated rings. The molecule has 2 rings (SSSR count). The summed E-state index contributed by atoms with van der Waals surface area (Å²) in [4.78, 5) is 23.7. The number of aliphatic carboxylic acids is 1. The fourth-order valence-corrected chi connectivity index (χ4v) is 2.48. The van der Waals surface area contributed by atoms with E-state index < -0.39 is 5.97 Å². The van der Waals surface area contributed by atoms with Crippen LogP contribution < -0.4 is 0 Å². The number of carboxylic acid groups (broad SMARTS) is 1. The number of rotatable bonds is 6. The van der Waals surface area contributed by atoms with Gasteiger partial charge < -0.3 is 5.11 Å². The molecule has 0 radical (unpaired) electrons. The highest BCUT2D eigenvalue weighted by Gasteiger charge is 2.11. The molecule has 0 aromatic carbocycles. The van der Waals surface area contributed by atoms with Crippen LogP contribution in [0.25, 0.3) is 0 Å². The molecule has 0 aliphatic carbocycles. The zero-order valence-corrected chi connectivity index (χ0v) is 10.4. The van der Waals surface area contributed by atoms with Gasteiger partial charge in [0, 0.05) is 23.7 Å². The summed E-state index contributed by atoms with van der Waals surface area (Å²) in [7, 11) is 0. The lowest BCUT2D eigenvalue weighted by Gasteiger charge is -1.97. The first-order valence-corrected chi connectivity index (χ1v) is 6.28. The van der Waals surface area contributed by atoms with Crippen LogP contribution in [0.15, 0.2) is 30.6 Å². The van der Waals surface area contributed by atoms with Crippen molar-refractivity contribution in [2.24, 2.45) is 0 Å². The van der Waals surface area contributed by atoms with Crippen LogP contribution >= 0.6 is 11.3 Å². The molecule has 18 heavy (non-hydrogen) atoms. The van der Waals surface area contributed by atoms with Crippen molar-refractivity contribution in [2.75, 3.05) is 0 Å². The Morgan fingerprint density at radius 3 is 2.83 bits per heavy atom. The second kappa shape index (κ2) is 5.59. The van der Waals surface area contributed by atoms with Gasteiger partial charge in [-0.1, -0.05) is 0 Å². The fraction of sp³-hybridized carbons (Fsp3) is 0.250. The summed E-state index contributed by atoms with van der Waals surface area (Å²) in [5.41, 5.74) is 0. The van der Waals surface area contributed by atoms with E-state index in [1.807, 2.05) is 18.3 Å². The minimum Gasteiger partial charge on any atom is -0.481 e. The summed E-state index contributed by atoms with van der Waals surface area (Å²) in [6.45, 7) is 0.629. The smallest absolute Gasteiger partial charge is 0.303 e. The first-order valence-electron chi connectivity index (χ1n) is 5.46. The lowest BCUT2D eigenvalue weighted by molar-refractivity contribution is -0.136. The molecule has 2 aromatic heterocycles. The van der Waals surface area contributed by atoms with Crippen molar-refractivity contribution < 1.29 is 14.7 Å². The normalized spacial score (nSPS) is 10.4. The summed E-state index contributed by atoms with van der Waals surface area (Å²) >= 11 is 1.39. The van der Waals surface area contributed by atoms with Crippen molar-refractivity contribution in [3.05, 3.63) is 40.3 Å². The molecule has 0 bridgehead atoms. The quantitative estimate of drug-likeness (QED) is 0.810. The number of aromatic nitrogens is 2. The van der Waals surface area contributed by atoms with E-state index >= 15 is 0 Å². The van der Waals surface area contributed by atoms with Gasteiger partial charge in [-0.2, -0.15) is 5.10 Å². The van der Waals surface area contributed by atoms with Gasteiger partial charge in [-0.05, 0) is 18.2 Å². The zero-order chi connectivity index (χ0) is 13.0. The van der Waals surface area contributed by atoms with E-state index in [0.29, 0.717) is 11.4 Å². The average molecular weight is 264 g/mol. The maximum atomic E-state index is 11.7. The summed E-state index contributed by atoms with van der Waals surface area (Å²) in [5, 5.41) is 12.6. The van der Waals surface area contributed by atoms with Gasteiger partial charge in [-0.25, -0.2) is 0 Å². The van der Waals surface area contributed by atoms with Crippen LogP contribution in [0, 0.1) is 0 Å². The topological polar surface area (TPSA) is 72.2 Å². The second-order valence-electron chi connectivity index (χ2n) is 3.79. The van der Waals surface area contributed by atoms with Gasteiger partial charge in [-0.15, -0.1) is 11.3 Å². The Hall–Kier alpha value is -1.95. The maximum Gasteiger partial charge on any atom is 0.303 e. The number of carbonyl (C=O) groups is 2. The Morgan fingerprint density at radius 1 is 1.33 bits per heavy atom. The molecule has 0 saturated heterocycles. The molecule has 0 aliphatic rings. The molecule has 0 unspecified atom stereocenters. The third-order valence-corrected chi connectivity index (χ3v) is 3.49. The predicted molar refractivity (Wildman–Crippen MR) is 66.8 cm³/mol. The minimum atomic E-state index is -0.948. The molecule has 0 spiro atoms.